The molecule has 1 aromatic rings. The molecule has 3 nitrogen and oxygen atoms in total. The van der Waals surface area contributed by atoms with Crippen LogP contribution in [0.4, 0.5) is 4.39 Å². The molecule has 16 heavy (non-hydrogen) atoms. The van der Waals surface area contributed by atoms with Crippen molar-refractivity contribution in [3.05, 3.63) is 22.5 Å². The van der Waals surface area contributed by atoms with Crippen LogP contribution in [0.15, 0.2) is 6.07 Å². The second-order valence-electron chi connectivity index (χ2n) is 3.83. The maximum atomic E-state index is 13.7. The zero-order chi connectivity index (χ0) is 11.7. The molecular weight excluding hydrogens is 233 g/mol. The summed E-state index contributed by atoms with van der Waals surface area (Å²) in [5, 5.41) is 13.1. The maximum Gasteiger partial charge on any atom is 0.208 e. The van der Waals surface area contributed by atoms with Crippen LogP contribution in [0.1, 0.15) is 17.9 Å². The molecule has 0 amide bonds. The van der Waals surface area contributed by atoms with Gasteiger partial charge in [-0.1, -0.05) is 11.6 Å². The summed E-state index contributed by atoms with van der Waals surface area (Å²) in [5.41, 5.74) is 0.549. The first kappa shape index (κ1) is 11.5. The van der Waals surface area contributed by atoms with E-state index in [0.717, 1.165) is 19.5 Å². The van der Waals surface area contributed by atoms with Crippen molar-refractivity contribution in [2.45, 2.75) is 12.3 Å². The lowest BCUT2D eigenvalue weighted by Crippen LogP contribution is -2.08. The summed E-state index contributed by atoms with van der Waals surface area (Å²) in [5.74, 6) is -1.13. The van der Waals surface area contributed by atoms with Crippen molar-refractivity contribution >= 4 is 11.6 Å². The van der Waals surface area contributed by atoms with Crippen LogP contribution in [0.2, 0.25) is 5.02 Å². The van der Waals surface area contributed by atoms with Crippen molar-refractivity contribution in [2.24, 2.45) is 0 Å². The third kappa shape index (κ3) is 1.83. The Labute approximate surface area is 98.2 Å². The highest BCUT2D eigenvalue weighted by molar-refractivity contribution is 6.32. The lowest BCUT2D eigenvalue weighted by molar-refractivity contribution is 0.361. The van der Waals surface area contributed by atoms with Gasteiger partial charge in [-0.2, -0.15) is 4.39 Å². The molecule has 1 fully saturated rings. The molecule has 1 atom stereocenters. The van der Waals surface area contributed by atoms with E-state index in [1.54, 1.807) is 6.07 Å². The zero-order valence-corrected chi connectivity index (χ0v) is 9.64. The third-order valence-corrected chi connectivity index (χ3v) is 3.16. The van der Waals surface area contributed by atoms with Gasteiger partial charge >= 0.3 is 0 Å². The lowest BCUT2D eigenvalue weighted by Gasteiger charge is -2.14. The molecular formula is C11H13ClFNO2. The van der Waals surface area contributed by atoms with Gasteiger partial charge in [-0.3, -0.25) is 0 Å². The summed E-state index contributed by atoms with van der Waals surface area (Å²) in [7, 11) is 1.32. The van der Waals surface area contributed by atoms with Crippen LogP contribution in [0.25, 0.3) is 0 Å². The first-order valence-corrected chi connectivity index (χ1v) is 5.48. The average Bonchev–Trinajstić information content (AvgIpc) is 2.77. The number of hydrogen-bond acceptors (Lipinski definition) is 3. The summed E-state index contributed by atoms with van der Waals surface area (Å²) in [6.07, 6.45) is 0.871. The summed E-state index contributed by atoms with van der Waals surface area (Å²) >= 11 is 5.89. The number of nitrogens with one attached hydrogen (secondary N) is 1. The number of rotatable bonds is 2. The molecule has 0 radical (unpaired) electrons. The lowest BCUT2D eigenvalue weighted by atomic mass is 9.97. The standard InChI is InChI=1S/C11H13ClFNO2/c1-16-11-8(12)4-7(10(15)9(11)13)6-2-3-14-5-6/h4,6,14-15H,2-3,5H2,1H3. The van der Waals surface area contributed by atoms with Gasteiger partial charge in [0.15, 0.2) is 11.5 Å². The number of benzene rings is 1. The molecule has 88 valence electrons. The minimum absolute atomic E-state index is 0.103. The number of ether oxygens (including phenoxy) is 1. The van der Waals surface area contributed by atoms with Crippen molar-refractivity contribution in [1.29, 1.82) is 0 Å². The van der Waals surface area contributed by atoms with Gasteiger partial charge in [0.1, 0.15) is 0 Å². The molecule has 2 rings (SSSR count). The Hall–Kier alpha value is -1.00. The van der Waals surface area contributed by atoms with E-state index in [1.807, 2.05) is 0 Å². The third-order valence-electron chi connectivity index (χ3n) is 2.88. The second-order valence-corrected chi connectivity index (χ2v) is 4.24. The molecule has 1 aliphatic rings. The van der Waals surface area contributed by atoms with Crippen molar-refractivity contribution in [3.63, 3.8) is 0 Å². The van der Waals surface area contributed by atoms with Gasteiger partial charge in [-0.25, -0.2) is 0 Å². The Balaban J connectivity index is 2.46. The molecule has 0 saturated carbocycles. The fourth-order valence-electron chi connectivity index (χ4n) is 2.03. The number of aromatic hydroxyl groups is 1. The monoisotopic (exact) mass is 245 g/mol. The molecule has 1 unspecified atom stereocenters. The van der Waals surface area contributed by atoms with Gasteiger partial charge in [0.25, 0.3) is 0 Å². The molecule has 1 saturated heterocycles. The van der Waals surface area contributed by atoms with E-state index in [9.17, 15) is 9.50 Å². The number of hydrogen-bond donors (Lipinski definition) is 2. The van der Waals surface area contributed by atoms with E-state index >= 15 is 0 Å². The Morgan fingerprint density at radius 1 is 1.62 bits per heavy atom. The maximum absolute atomic E-state index is 13.7. The smallest absolute Gasteiger partial charge is 0.208 e. The molecule has 1 heterocycles. The molecule has 5 heteroatoms. The fraction of sp³-hybridized carbons (Fsp3) is 0.455. The summed E-state index contributed by atoms with van der Waals surface area (Å²) in [6, 6.07) is 1.58. The molecule has 0 spiro atoms. The highest BCUT2D eigenvalue weighted by Gasteiger charge is 2.25. The highest BCUT2D eigenvalue weighted by Crippen LogP contribution is 2.40. The van der Waals surface area contributed by atoms with Crippen LogP contribution in [0, 0.1) is 5.82 Å². The molecule has 0 aromatic heterocycles. The molecule has 0 aliphatic carbocycles. The number of halogens is 2. The Bertz CT molecular complexity index is 405. The van der Waals surface area contributed by atoms with E-state index in [0.29, 0.717) is 5.56 Å². The van der Waals surface area contributed by atoms with Crippen molar-refractivity contribution in [3.8, 4) is 11.5 Å². The van der Waals surface area contributed by atoms with E-state index in [1.165, 1.54) is 7.11 Å². The Morgan fingerprint density at radius 3 is 2.94 bits per heavy atom. The predicted octanol–water partition coefficient (Wildman–Crippen LogP) is 2.27. The van der Waals surface area contributed by atoms with Crippen LogP contribution < -0.4 is 10.1 Å². The van der Waals surface area contributed by atoms with Crippen LogP contribution in [0.5, 0.6) is 11.5 Å². The normalized spacial score (nSPS) is 20.1. The first-order valence-electron chi connectivity index (χ1n) is 5.10. The fourth-order valence-corrected chi connectivity index (χ4v) is 2.31. The van der Waals surface area contributed by atoms with Crippen LogP contribution in [-0.4, -0.2) is 25.3 Å². The molecule has 2 N–H and O–H groups in total. The Kier molecular flexibility index (Phi) is 3.21. The molecule has 1 aliphatic heterocycles. The van der Waals surface area contributed by atoms with Crippen LogP contribution in [0.3, 0.4) is 0 Å². The van der Waals surface area contributed by atoms with Crippen molar-refractivity contribution in [1.82, 2.24) is 5.32 Å². The van der Waals surface area contributed by atoms with Crippen molar-refractivity contribution < 1.29 is 14.2 Å². The van der Waals surface area contributed by atoms with E-state index in [2.05, 4.69) is 5.32 Å². The number of methoxy groups -OCH3 is 1. The largest absolute Gasteiger partial charge is 0.505 e. The number of phenolic OH excluding ortho intramolecular Hbond substituents is 1. The van der Waals surface area contributed by atoms with E-state index in [4.69, 9.17) is 16.3 Å². The minimum Gasteiger partial charge on any atom is -0.505 e. The van der Waals surface area contributed by atoms with Gasteiger partial charge in [-0.05, 0) is 19.0 Å². The zero-order valence-electron chi connectivity index (χ0n) is 8.89. The van der Waals surface area contributed by atoms with E-state index in [-0.39, 0.29) is 22.4 Å². The molecule has 1 aromatic carbocycles. The van der Waals surface area contributed by atoms with Gasteiger partial charge in [0, 0.05) is 18.0 Å². The summed E-state index contributed by atoms with van der Waals surface area (Å²) in [4.78, 5) is 0. The van der Waals surface area contributed by atoms with Gasteiger partial charge in [0.2, 0.25) is 5.82 Å². The second kappa shape index (κ2) is 4.47. The topological polar surface area (TPSA) is 41.5 Å². The Morgan fingerprint density at radius 2 is 2.38 bits per heavy atom. The van der Waals surface area contributed by atoms with Crippen LogP contribution in [-0.2, 0) is 0 Å². The summed E-state index contributed by atoms with van der Waals surface area (Å²) < 4.78 is 18.5. The van der Waals surface area contributed by atoms with E-state index < -0.39 is 5.82 Å². The highest BCUT2D eigenvalue weighted by atomic mass is 35.5. The van der Waals surface area contributed by atoms with Gasteiger partial charge < -0.3 is 15.2 Å². The van der Waals surface area contributed by atoms with Crippen molar-refractivity contribution in [2.75, 3.05) is 20.2 Å². The average molecular weight is 246 g/mol. The van der Waals surface area contributed by atoms with Gasteiger partial charge in [-0.15, -0.1) is 0 Å². The molecule has 0 bridgehead atoms. The quantitative estimate of drug-likeness (QED) is 0.840. The first-order chi connectivity index (χ1) is 7.65. The SMILES string of the molecule is COc1c(Cl)cc(C2CCNC2)c(O)c1F. The summed E-state index contributed by atoms with van der Waals surface area (Å²) in [6.45, 7) is 1.60. The number of phenols is 1. The van der Waals surface area contributed by atoms with Crippen LogP contribution >= 0.6 is 11.6 Å². The van der Waals surface area contributed by atoms with Gasteiger partial charge in [0.05, 0.1) is 12.1 Å². The predicted molar refractivity (Wildman–Crippen MR) is 59.9 cm³/mol. The minimum atomic E-state index is -0.781.